The zero-order valence-electron chi connectivity index (χ0n) is 18.8. The Morgan fingerprint density at radius 1 is 0.677 bits per heavy atom. The quantitative estimate of drug-likeness (QED) is 0.299. The van der Waals surface area contributed by atoms with Gasteiger partial charge in [-0.15, -0.1) is 0 Å². The smallest absolute Gasteiger partial charge is 0.141 e. The van der Waals surface area contributed by atoms with Crippen LogP contribution in [0.25, 0.3) is 11.1 Å². The molecular weight excluding hydrogens is 400 g/mol. The molecule has 0 radical (unpaired) electrons. The van der Waals surface area contributed by atoms with Gasteiger partial charge in [-0.1, -0.05) is 99.0 Å². The molecule has 0 aromatic heterocycles. The summed E-state index contributed by atoms with van der Waals surface area (Å²) in [5.74, 6) is 0.243. The highest BCUT2D eigenvalue weighted by atomic mass is 35.5. The van der Waals surface area contributed by atoms with E-state index in [0.717, 1.165) is 40.1 Å². The average molecular weight is 433 g/mol. The molecule has 3 aromatic rings. The Morgan fingerprint density at radius 3 is 1.71 bits per heavy atom. The second-order valence-corrected chi connectivity index (χ2v) is 8.83. The Balaban J connectivity index is 1.58. The van der Waals surface area contributed by atoms with E-state index in [1.165, 1.54) is 36.8 Å². The van der Waals surface area contributed by atoms with Crippen LogP contribution in [0.1, 0.15) is 61.8 Å². The fourth-order valence-corrected chi connectivity index (χ4v) is 4.17. The molecule has 3 aromatic carbocycles. The first kappa shape index (κ1) is 23.3. The first-order valence-corrected chi connectivity index (χ1v) is 11.9. The van der Waals surface area contributed by atoms with Crippen molar-refractivity contribution in [2.75, 3.05) is 0 Å². The number of halogens is 1. The third-order valence-corrected chi connectivity index (χ3v) is 6.07. The van der Waals surface area contributed by atoms with Crippen molar-refractivity contribution >= 4 is 17.4 Å². The van der Waals surface area contributed by atoms with Crippen LogP contribution in [0.4, 0.5) is 0 Å². The van der Waals surface area contributed by atoms with Crippen LogP contribution in [-0.2, 0) is 30.5 Å². The molecular formula is C29H33ClO. The molecule has 0 spiro atoms. The molecule has 0 saturated heterocycles. The number of benzene rings is 3. The fourth-order valence-electron chi connectivity index (χ4n) is 3.85. The highest BCUT2D eigenvalue weighted by Crippen LogP contribution is 2.29. The maximum atomic E-state index is 12.6. The van der Waals surface area contributed by atoms with Gasteiger partial charge in [-0.3, -0.25) is 4.79 Å². The van der Waals surface area contributed by atoms with Crippen molar-refractivity contribution in [3.05, 3.63) is 94.0 Å². The SMILES string of the molecule is CCCCc1ccc(CC(=O)Cc2ccc(-c3ccc(CCCC)cc3Cl)cc2)cc1. The van der Waals surface area contributed by atoms with Crippen LogP contribution >= 0.6 is 11.6 Å². The van der Waals surface area contributed by atoms with Crippen molar-refractivity contribution in [3.63, 3.8) is 0 Å². The van der Waals surface area contributed by atoms with Gasteiger partial charge in [0.15, 0.2) is 0 Å². The van der Waals surface area contributed by atoms with Crippen LogP contribution in [0.15, 0.2) is 66.7 Å². The third-order valence-electron chi connectivity index (χ3n) is 5.76. The lowest BCUT2D eigenvalue weighted by molar-refractivity contribution is -0.117. The molecule has 1 nitrogen and oxygen atoms in total. The molecule has 162 valence electrons. The highest BCUT2D eigenvalue weighted by Gasteiger charge is 2.08. The Hall–Kier alpha value is -2.38. The summed E-state index contributed by atoms with van der Waals surface area (Å²) in [5, 5.41) is 0.791. The van der Waals surface area contributed by atoms with Gasteiger partial charge in [0.1, 0.15) is 5.78 Å². The number of hydrogen-bond acceptors (Lipinski definition) is 1. The summed E-state index contributed by atoms with van der Waals surface area (Å²) in [7, 11) is 0. The summed E-state index contributed by atoms with van der Waals surface area (Å²) >= 11 is 6.54. The standard InChI is InChI=1S/C29H33ClO/c1-3-5-7-22-9-11-24(12-10-22)19-27(31)20-25-13-16-26(17-14-25)28-18-15-23(8-6-4-2)21-29(28)30/h9-18,21H,3-8,19-20H2,1-2H3. The van der Waals surface area contributed by atoms with Gasteiger partial charge in [0, 0.05) is 23.4 Å². The minimum absolute atomic E-state index is 0.243. The van der Waals surface area contributed by atoms with Gasteiger partial charge >= 0.3 is 0 Å². The second-order valence-electron chi connectivity index (χ2n) is 8.43. The number of hydrogen-bond donors (Lipinski definition) is 0. The highest BCUT2D eigenvalue weighted by molar-refractivity contribution is 6.33. The zero-order chi connectivity index (χ0) is 22.1. The lowest BCUT2D eigenvalue weighted by atomic mass is 9.98. The number of carbonyl (C=O) groups is 1. The Labute approximate surface area is 192 Å². The molecule has 0 saturated carbocycles. The maximum Gasteiger partial charge on any atom is 0.141 e. The van der Waals surface area contributed by atoms with Crippen molar-refractivity contribution in [1.29, 1.82) is 0 Å². The van der Waals surface area contributed by atoms with Crippen LogP contribution in [-0.4, -0.2) is 5.78 Å². The summed E-state index contributed by atoms with van der Waals surface area (Å²) in [6.45, 7) is 4.41. The van der Waals surface area contributed by atoms with Crippen LogP contribution < -0.4 is 0 Å². The Bertz CT molecular complexity index is 971. The Morgan fingerprint density at radius 2 is 1.16 bits per heavy atom. The van der Waals surface area contributed by atoms with Gasteiger partial charge in [-0.2, -0.15) is 0 Å². The molecule has 0 N–H and O–H groups in total. The molecule has 0 amide bonds. The van der Waals surface area contributed by atoms with Gasteiger partial charge < -0.3 is 0 Å². The maximum absolute atomic E-state index is 12.6. The first-order valence-electron chi connectivity index (χ1n) is 11.6. The van der Waals surface area contributed by atoms with Gasteiger partial charge in [0.25, 0.3) is 0 Å². The lowest BCUT2D eigenvalue weighted by Gasteiger charge is -2.09. The van der Waals surface area contributed by atoms with E-state index in [4.69, 9.17) is 11.6 Å². The number of Topliss-reactive ketones (excluding diaryl/α,β-unsaturated/α-hetero) is 1. The molecule has 0 aliphatic carbocycles. The van der Waals surface area contributed by atoms with Gasteiger partial charge in [0.2, 0.25) is 0 Å². The fraction of sp³-hybridized carbons (Fsp3) is 0.345. The first-order chi connectivity index (χ1) is 15.1. The largest absolute Gasteiger partial charge is 0.299 e. The van der Waals surface area contributed by atoms with Gasteiger partial charge in [0.05, 0.1) is 0 Å². The summed E-state index contributed by atoms with van der Waals surface area (Å²) in [5.41, 5.74) is 6.91. The van der Waals surface area contributed by atoms with Crippen molar-refractivity contribution in [2.24, 2.45) is 0 Å². The van der Waals surface area contributed by atoms with E-state index >= 15 is 0 Å². The zero-order valence-corrected chi connectivity index (χ0v) is 19.5. The molecule has 2 heteroatoms. The normalized spacial score (nSPS) is 10.9. The number of ketones is 1. The minimum atomic E-state index is 0.243. The number of carbonyl (C=O) groups excluding carboxylic acids is 1. The van der Waals surface area contributed by atoms with Gasteiger partial charge in [-0.05, 0) is 59.6 Å². The predicted molar refractivity (Wildman–Crippen MR) is 133 cm³/mol. The molecule has 0 bridgehead atoms. The van der Waals surface area contributed by atoms with E-state index in [2.05, 4.69) is 68.4 Å². The number of rotatable bonds is 11. The molecule has 31 heavy (non-hydrogen) atoms. The number of aryl methyl sites for hydroxylation is 2. The third kappa shape index (κ3) is 7.08. The van der Waals surface area contributed by atoms with Crippen molar-refractivity contribution < 1.29 is 4.79 Å². The molecule has 0 fully saturated rings. The molecule has 0 aliphatic rings. The molecule has 3 rings (SSSR count). The van der Waals surface area contributed by atoms with E-state index < -0.39 is 0 Å². The van der Waals surface area contributed by atoms with Gasteiger partial charge in [-0.25, -0.2) is 0 Å². The topological polar surface area (TPSA) is 17.1 Å². The molecule has 0 aliphatic heterocycles. The van der Waals surface area contributed by atoms with E-state index in [1.54, 1.807) is 0 Å². The summed E-state index contributed by atoms with van der Waals surface area (Å²) in [6, 6.07) is 23.1. The summed E-state index contributed by atoms with van der Waals surface area (Å²) in [6.07, 6.45) is 7.91. The van der Waals surface area contributed by atoms with E-state index in [1.807, 2.05) is 12.1 Å². The van der Waals surface area contributed by atoms with Crippen LogP contribution in [0.3, 0.4) is 0 Å². The molecule has 0 heterocycles. The predicted octanol–water partition coefficient (Wildman–Crippen LogP) is 8.05. The number of unbranched alkanes of at least 4 members (excludes halogenated alkanes) is 2. The monoisotopic (exact) mass is 432 g/mol. The van der Waals surface area contributed by atoms with Crippen LogP contribution in [0.2, 0.25) is 5.02 Å². The lowest BCUT2D eigenvalue weighted by Crippen LogP contribution is -2.06. The van der Waals surface area contributed by atoms with E-state index in [9.17, 15) is 4.79 Å². The van der Waals surface area contributed by atoms with Crippen LogP contribution in [0.5, 0.6) is 0 Å². The van der Waals surface area contributed by atoms with Crippen molar-refractivity contribution in [3.8, 4) is 11.1 Å². The van der Waals surface area contributed by atoms with Crippen molar-refractivity contribution in [1.82, 2.24) is 0 Å². The molecule has 0 unspecified atom stereocenters. The minimum Gasteiger partial charge on any atom is -0.299 e. The van der Waals surface area contributed by atoms with E-state index in [-0.39, 0.29) is 5.78 Å². The van der Waals surface area contributed by atoms with Crippen LogP contribution in [0, 0.1) is 0 Å². The Kier molecular flexibility index (Phi) is 8.91. The average Bonchev–Trinajstić information content (AvgIpc) is 2.78. The van der Waals surface area contributed by atoms with Crippen molar-refractivity contribution in [2.45, 2.75) is 65.2 Å². The summed E-state index contributed by atoms with van der Waals surface area (Å²) in [4.78, 5) is 12.6. The molecule has 0 atom stereocenters. The second kappa shape index (κ2) is 11.9. The van der Waals surface area contributed by atoms with E-state index in [0.29, 0.717) is 12.8 Å². The summed E-state index contributed by atoms with van der Waals surface area (Å²) < 4.78 is 0.